The van der Waals surface area contributed by atoms with Crippen LogP contribution in [0.2, 0.25) is 0 Å². The third-order valence-corrected chi connectivity index (χ3v) is 2.69. The van der Waals surface area contributed by atoms with E-state index in [1.807, 2.05) is 0 Å². The monoisotopic (exact) mass is 210 g/mol. The average Bonchev–Trinajstić information content (AvgIpc) is 2.64. The largest absolute Gasteiger partial charge is 0.350 e. The summed E-state index contributed by atoms with van der Waals surface area (Å²) in [5.41, 5.74) is 0.521. The first-order valence-corrected chi connectivity index (χ1v) is 5.05. The molecule has 1 unspecified atom stereocenters. The molecule has 0 aliphatic rings. The summed E-state index contributed by atoms with van der Waals surface area (Å²) in [5.74, 6) is 0.230. The highest BCUT2D eigenvalue weighted by atomic mass is 16.1. The molecule has 5 nitrogen and oxygen atoms in total. The van der Waals surface area contributed by atoms with Gasteiger partial charge in [0.2, 0.25) is 0 Å². The van der Waals surface area contributed by atoms with Crippen LogP contribution in [0.5, 0.6) is 0 Å². The zero-order valence-corrected chi connectivity index (χ0v) is 9.66. The van der Waals surface area contributed by atoms with E-state index in [2.05, 4.69) is 48.4 Å². The Labute approximate surface area is 89.6 Å². The topological polar surface area (TPSA) is 70.7 Å². The van der Waals surface area contributed by atoms with Crippen LogP contribution in [0.15, 0.2) is 6.20 Å². The molecule has 1 rings (SSSR count). The van der Waals surface area contributed by atoms with Crippen LogP contribution in [-0.2, 0) is 0 Å². The van der Waals surface area contributed by atoms with Gasteiger partial charge in [-0.15, -0.1) is 0 Å². The van der Waals surface area contributed by atoms with Gasteiger partial charge < -0.3 is 5.32 Å². The van der Waals surface area contributed by atoms with E-state index in [1.54, 1.807) is 0 Å². The van der Waals surface area contributed by atoms with Gasteiger partial charge in [-0.1, -0.05) is 27.7 Å². The van der Waals surface area contributed by atoms with E-state index in [1.165, 1.54) is 6.20 Å². The van der Waals surface area contributed by atoms with Gasteiger partial charge in [0.05, 0.1) is 6.20 Å². The first-order chi connectivity index (χ1) is 6.91. The molecule has 0 aliphatic heterocycles. The highest BCUT2D eigenvalue weighted by molar-refractivity contribution is 5.91. The molecule has 1 amide bonds. The summed E-state index contributed by atoms with van der Waals surface area (Å²) < 4.78 is 0. The van der Waals surface area contributed by atoms with Gasteiger partial charge in [0, 0.05) is 6.54 Å². The Morgan fingerprint density at radius 3 is 2.73 bits per heavy atom. The smallest absolute Gasteiger partial charge is 0.273 e. The predicted octanol–water partition coefficient (Wildman–Crippen LogP) is 1.22. The second kappa shape index (κ2) is 4.42. The third kappa shape index (κ3) is 3.34. The molecule has 0 aliphatic carbocycles. The zero-order chi connectivity index (χ0) is 11.5. The molecule has 0 saturated heterocycles. The summed E-state index contributed by atoms with van der Waals surface area (Å²) in [6, 6.07) is 0. The molecule has 1 atom stereocenters. The number of hydrogen-bond acceptors (Lipinski definition) is 3. The SMILES string of the molecule is CC(CNC(=O)c1cn[nH]n1)C(C)(C)C. The van der Waals surface area contributed by atoms with Crippen molar-refractivity contribution in [2.75, 3.05) is 6.54 Å². The maximum absolute atomic E-state index is 11.5. The van der Waals surface area contributed by atoms with Gasteiger partial charge in [0.15, 0.2) is 5.69 Å². The van der Waals surface area contributed by atoms with Crippen LogP contribution in [0.3, 0.4) is 0 Å². The van der Waals surface area contributed by atoms with Crippen molar-refractivity contribution in [3.63, 3.8) is 0 Å². The van der Waals surface area contributed by atoms with E-state index >= 15 is 0 Å². The molecule has 5 heteroatoms. The summed E-state index contributed by atoms with van der Waals surface area (Å²) >= 11 is 0. The van der Waals surface area contributed by atoms with Crippen molar-refractivity contribution < 1.29 is 4.79 Å². The van der Waals surface area contributed by atoms with Crippen molar-refractivity contribution >= 4 is 5.91 Å². The summed E-state index contributed by atoms with van der Waals surface area (Å²) in [5, 5.41) is 12.5. The zero-order valence-electron chi connectivity index (χ0n) is 9.66. The summed E-state index contributed by atoms with van der Waals surface area (Å²) in [4.78, 5) is 11.5. The molecular formula is C10H18N4O. The lowest BCUT2D eigenvalue weighted by atomic mass is 9.82. The van der Waals surface area contributed by atoms with Gasteiger partial charge in [-0.2, -0.15) is 15.4 Å². The lowest BCUT2D eigenvalue weighted by molar-refractivity contribution is 0.0932. The fourth-order valence-electron chi connectivity index (χ4n) is 0.954. The van der Waals surface area contributed by atoms with Crippen LogP contribution in [0.4, 0.5) is 0 Å². The highest BCUT2D eigenvalue weighted by Crippen LogP contribution is 2.24. The highest BCUT2D eigenvalue weighted by Gasteiger charge is 2.20. The molecule has 0 bridgehead atoms. The first kappa shape index (κ1) is 11.7. The second-order valence-corrected chi connectivity index (χ2v) is 4.83. The van der Waals surface area contributed by atoms with E-state index in [9.17, 15) is 4.79 Å². The molecule has 1 aromatic heterocycles. The molecule has 84 valence electrons. The van der Waals surface area contributed by atoms with Crippen molar-refractivity contribution in [1.29, 1.82) is 0 Å². The van der Waals surface area contributed by atoms with E-state index < -0.39 is 0 Å². The number of H-pyrrole nitrogens is 1. The Kier molecular flexibility index (Phi) is 3.44. The summed E-state index contributed by atoms with van der Waals surface area (Å²) in [7, 11) is 0. The van der Waals surface area contributed by atoms with E-state index in [0.717, 1.165) is 0 Å². The number of aromatic amines is 1. The first-order valence-electron chi connectivity index (χ1n) is 5.05. The van der Waals surface area contributed by atoms with Crippen LogP contribution < -0.4 is 5.32 Å². The maximum atomic E-state index is 11.5. The van der Waals surface area contributed by atoms with Crippen LogP contribution in [-0.4, -0.2) is 27.9 Å². The van der Waals surface area contributed by atoms with E-state index in [-0.39, 0.29) is 11.3 Å². The van der Waals surface area contributed by atoms with Crippen molar-refractivity contribution in [3.8, 4) is 0 Å². The van der Waals surface area contributed by atoms with Gasteiger partial charge >= 0.3 is 0 Å². The van der Waals surface area contributed by atoms with Gasteiger partial charge in [-0.3, -0.25) is 4.79 Å². The second-order valence-electron chi connectivity index (χ2n) is 4.83. The van der Waals surface area contributed by atoms with Crippen molar-refractivity contribution in [2.24, 2.45) is 11.3 Å². The lowest BCUT2D eigenvalue weighted by Gasteiger charge is -2.27. The molecule has 1 aromatic rings. The third-order valence-electron chi connectivity index (χ3n) is 2.69. The summed E-state index contributed by atoms with van der Waals surface area (Å²) in [6.45, 7) is 9.22. The predicted molar refractivity (Wildman–Crippen MR) is 57.3 cm³/mol. The fraction of sp³-hybridized carbons (Fsp3) is 0.700. The van der Waals surface area contributed by atoms with Gasteiger partial charge in [-0.05, 0) is 11.3 Å². The Bertz CT molecular complexity index is 313. The molecule has 0 aromatic carbocycles. The van der Waals surface area contributed by atoms with Gasteiger partial charge in [0.1, 0.15) is 0 Å². The molecule has 0 radical (unpaired) electrons. The Balaban J connectivity index is 2.42. The van der Waals surface area contributed by atoms with Crippen LogP contribution in [0.25, 0.3) is 0 Å². The number of rotatable bonds is 3. The molecule has 2 N–H and O–H groups in total. The number of amides is 1. The minimum absolute atomic E-state index is 0.181. The molecule has 0 fully saturated rings. The Morgan fingerprint density at radius 2 is 2.27 bits per heavy atom. The van der Waals surface area contributed by atoms with E-state index in [4.69, 9.17) is 0 Å². The quantitative estimate of drug-likeness (QED) is 0.788. The van der Waals surface area contributed by atoms with Crippen molar-refractivity contribution in [1.82, 2.24) is 20.7 Å². The number of carbonyl (C=O) groups excluding carboxylic acids is 1. The van der Waals surface area contributed by atoms with Crippen LogP contribution in [0, 0.1) is 11.3 Å². The van der Waals surface area contributed by atoms with Crippen molar-refractivity contribution in [2.45, 2.75) is 27.7 Å². The number of hydrogen-bond donors (Lipinski definition) is 2. The van der Waals surface area contributed by atoms with Gasteiger partial charge in [-0.25, -0.2) is 0 Å². The number of nitrogens with one attached hydrogen (secondary N) is 2. The number of aromatic nitrogens is 3. The lowest BCUT2D eigenvalue weighted by Crippen LogP contribution is -2.33. The van der Waals surface area contributed by atoms with E-state index in [0.29, 0.717) is 18.2 Å². The minimum Gasteiger partial charge on any atom is -0.350 e. The summed E-state index contributed by atoms with van der Waals surface area (Å²) in [6.07, 6.45) is 1.41. The number of carbonyl (C=O) groups is 1. The number of nitrogens with zero attached hydrogens (tertiary/aromatic N) is 2. The maximum Gasteiger partial charge on any atom is 0.273 e. The fourth-order valence-corrected chi connectivity index (χ4v) is 0.954. The molecule has 1 heterocycles. The average molecular weight is 210 g/mol. The normalized spacial score (nSPS) is 13.6. The molecule has 15 heavy (non-hydrogen) atoms. The van der Waals surface area contributed by atoms with Crippen LogP contribution >= 0.6 is 0 Å². The van der Waals surface area contributed by atoms with Crippen LogP contribution in [0.1, 0.15) is 38.2 Å². The van der Waals surface area contributed by atoms with Gasteiger partial charge in [0.25, 0.3) is 5.91 Å². The molecular weight excluding hydrogens is 192 g/mol. The Morgan fingerprint density at radius 1 is 1.60 bits per heavy atom. The minimum atomic E-state index is -0.181. The van der Waals surface area contributed by atoms with Crippen molar-refractivity contribution in [3.05, 3.63) is 11.9 Å². The molecule has 0 spiro atoms. The Hall–Kier alpha value is -1.39. The standard InChI is InChI=1S/C10H18N4O/c1-7(10(2,3)4)5-11-9(15)8-6-12-14-13-8/h6-7H,5H2,1-4H3,(H,11,15)(H,12,13,14). The molecule has 0 saturated carbocycles.